The molecule has 1 aromatic rings. The largest absolute Gasteiger partial charge is 0.493 e. The topological polar surface area (TPSA) is 29.5 Å². The smallest absolute Gasteiger partial charge is 0.122 e. The normalized spacial score (nSPS) is 10.3. The van der Waals surface area contributed by atoms with E-state index in [1.54, 1.807) is 0 Å². The molecule has 0 aliphatic carbocycles. The number of aryl methyl sites for hydroxylation is 1. The Morgan fingerprint density at radius 3 is 2.67 bits per heavy atom. The van der Waals surface area contributed by atoms with E-state index in [2.05, 4.69) is 13.0 Å². The van der Waals surface area contributed by atoms with Crippen LogP contribution in [-0.2, 0) is 6.42 Å². The van der Waals surface area contributed by atoms with Gasteiger partial charge in [0.25, 0.3) is 0 Å². The Hall–Kier alpha value is -1.02. The van der Waals surface area contributed by atoms with Crippen LogP contribution in [0.5, 0.6) is 5.75 Å². The number of ether oxygens (including phenoxy) is 1. The Labute approximate surface area is 91.9 Å². The molecule has 0 saturated carbocycles. The van der Waals surface area contributed by atoms with Gasteiger partial charge in [-0.2, -0.15) is 0 Å². The summed E-state index contributed by atoms with van der Waals surface area (Å²) >= 11 is 0. The summed E-state index contributed by atoms with van der Waals surface area (Å²) in [4.78, 5) is 0. The molecule has 0 fully saturated rings. The van der Waals surface area contributed by atoms with Gasteiger partial charge in [0, 0.05) is 6.61 Å². The van der Waals surface area contributed by atoms with E-state index in [9.17, 15) is 0 Å². The molecule has 1 rings (SSSR count). The first-order valence-corrected chi connectivity index (χ1v) is 5.70. The Bertz CT molecular complexity index is 271. The third-order valence-electron chi connectivity index (χ3n) is 2.41. The highest BCUT2D eigenvalue weighted by Gasteiger charge is 1.99. The van der Waals surface area contributed by atoms with Crippen molar-refractivity contribution in [2.45, 2.75) is 32.6 Å². The van der Waals surface area contributed by atoms with E-state index < -0.39 is 0 Å². The number of benzene rings is 1. The maximum absolute atomic E-state index is 8.62. The lowest BCUT2D eigenvalue weighted by molar-refractivity contribution is 0.265. The van der Waals surface area contributed by atoms with Crippen LogP contribution in [-0.4, -0.2) is 18.3 Å². The van der Waals surface area contributed by atoms with E-state index in [0.717, 1.165) is 38.0 Å². The third kappa shape index (κ3) is 4.34. The number of aliphatic hydroxyl groups excluding tert-OH is 1. The second-order valence-corrected chi connectivity index (χ2v) is 3.59. The number of aliphatic hydroxyl groups is 1. The predicted molar refractivity (Wildman–Crippen MR) is 62.3 cm³/mol. The molecule has 1 aromatic carbocycles. The first-order chi connectivity index (χ1) is 7.38. The minimum Gasteiger partial charge on any atom is -0.493 e. The monoisotopic (exact) mass is 208 g/mol. The van der Waals surface area contributed by atoms with Crippen LogP contribution < -0.4 is 4.74 Å². The lowest BCUT2D eigenvalue weighted by Gasteiger charge is -2.09. The van der Waals surface area contributed by atoms with Crippen molar-refractivity contribution in [1.82, 2.24) is 0 Å². The van der Waals surface area contributed by atoms with Gasteiger partial charge in [0.05, 0.1) is 6.61 Å². The van der Waals surface area contributed by atoms with Crippen LogP contribution in [0.1, 0.15) is 31.7 Å². The molecule has 0 amide bonds. The third-order valence-corrected chi connectivity index (χ3v) is 2.41. The van der Waals surface area contributed by atoms with Gasteiger partial charge in [-0.25, -0.2) is 0 Å². The lowest BCUT2D eigenvalue weighted by atomic mass is 10.1. The summed E-state index contributed by atoms with van der Waals surface area (Å²) in [6, 6.07) is 8.16. The SMILES string of the molecule is CCc1ccccc1OCCCCCO. The van der Waals surface area contributed by atoms with E-state index in [1.165, 1.54) is 5.56 Å². The van der Waals surface area contributed by atoms with Crippen LogP contribution in [0.4, 0.5) is 0 Å². The van der Waals surface area contributed by atoms with Crippen molar-refractivity contribution < 1.29 is 9.84 Å². The number of hydrogen-bond donors (Lipinski definition) is 1. The van der Waals surface area contributed by atoms with Crippen LogP contribution in [0.3, 0.4) is 0 Å². The van der Waals surface area contributed by atoms with E-state index >= 15 is 0 Å². The first-order valence-electron chi connectivity index (χ1n) is 5.70. The molecule has 0 unspecified atom stereocenters. The number of unbranched alkanes of at least 4 members (excludes halogenated alkanes) is 2. The van der Waals surface area contributed by atoms with Crippen molar-refractivity contribution in [1.29, 1.82) is 0 Å². The maximum Gasteiger partial charge on any atom is 0.122 e. The van der Waals surface area contributed by atoms with Crippen LogP contribution in [0, 0.1) is 0 Å². The summed E-state index contributed by atoms with van der Waals surface area (Å²) in [5, 5.41) is 8.62. The summed E-state index contributed by atoms with van der Waals surface area (Å²) < 4.78 is 5.69. The summed E-state index contributed by atoms with van der Waals surface area (Å²) in [5.74, 6) is 1.00. The van der Waals surface area contributed by atoms with Gasteiger partial charge in [-0.1, -0.05) is 25.1 Å². The van der Waals surface area contributed by atoms with E-state index in [0.29, 0.717) is 0 Å². The first kappa shape index (κ1) is 12.1. The second kappa shape index (κ2) is 7.30. The Kier molecular flexibility index (Phi) is 5.86. The lowest BCUT2D eigenvalue weighted by Crippen LogP contribution is -2.00. The molecular formula is C13H20O2. The zero-order chi connectivity index (χ0) is 10.9. The van der Waals surface area contributed by atoms with E-state index in [1.807, 2.05) is 18.2 Å². The van der Waals surface area contributed by atoms with Crippen molar-refractivity contribution in [2.24, 2.45) is 0 Å². The van der Waals surface area contributed by atoms with Gasteiger partial charge in [0.2, 0.25) is 0 Å². The molecule has 2 heteroatoms. The minimum absolute atomic E-state index is 0.283. The molecule has 0 aromatic heterocycles. The van der Waals surface area contributed by atoms with Gasteiger partial charge < -0.3 is 9.84 Å². The molecule has 0 radical (unpaired) electrons. The molecule has 0 heterocycles. The standard InChI is InChI=1S/C13H20O2/c1-2-12-8-4-5-9-13(12)15-11-7-3-6-10-14/h4-5,8-9,14H,2-3,6-7,10-11H2,1H3. The van der Waals surface area contributed by atoms with Gasteiger partial charge in [-0.15, -0.1) is 0 Å². The summed E-state index contributed by atoms with van der Waals surface area (Å²) in [6.07, 6.45) is 3.93. The van der Waals surface area contributed by atoms with Crippen LogP contribution in [0.25, 0.3) is 0 Å². The zero-order valence-corrected chi connectivity index (χ0v) is 9.41. The molecule has 1 N–H and O–H groups in total. The molecule has 2 nitrogen and oxygen atoms in total. The Balaban J connectivity index is 2.30. The van der Waals surface area contributed by atoms with Crippen molar-refractivity contribution in [3.63, 3.8) is 0 Å². The predicted octanol–water partition coefficient (Wildman–Crippen LogP) is 2.79. The number of hydrogen-bond acceptors (Lipinski definition) is 2. The van der Waals surface area contributed by atoms with Gasteiger partial charge in [-0.3, -0.25) is 0 Å². The molecule has 0 spiro atoms. The molecule has 0 saturated heterocycles. The van der Waals surface area contributed by atoms with E-state index in [4.69, 9.17) is 9.84 Å². The van der Waals surface area contributed by atoms with Gasteiger partial charge in [0.1, 0.15) is 5.75 Å². The fraction of sp³-hybridized carbons (Fsp3) is 0.538. The molecular weight excluding hydrogens is 188 g/mol. The van der Waals surface area contributed by atoms with Crippen molar-refractivity contribution in [3.8, 4) is 5.75 Å². The van der Waals surface area contributed by atoms with Gasteiger partial charge >= 0.3 is 0 Å². The highest BCUT2D eigenvalue weighted by Crippen LogP contribution is 2.18. The van der Waals surface area contributed by atoms with Crippen molar-refractivity contribution >= 4 is 0 Å². The summed E-state index contributed by atoms with van der Waals surface area (Å²) in [5.41, 5.74) is 1.26. The summed E-state index contributed by atoms with van der Waals surface area (Å²) in [7, 11) is 0. The highest BCUT2D eigenvalue weighted by atomic mass is 16.5. The van der Waals surface area contributed by atoms with Crippen LogP contribution >= 0.6 is 0 Å². The maximum atomic E-state index is 8.62. The quantitative estimate of drug-likeness (QED) is 0.698. The zero-order valence-electron chi connectivity index (χ0n) is 9.41. The average Bonchev–Trinajstić information content (AvgIpc) is 2.29. The number of rotatable bonds is 7. The number of para-hydroxylation sites is 1. The van der Waals surface area contributed by atoms with Crippen LogP contribution in [0.2, 0.25) is 0 Å². The molecule has 84 valence electrons. The molecule has 15 heavy (non-hydrogen) atoms. The van der Waals surface area contributed by atoms with Crippen molar-refractivity contribution in [2.75, 3.05) is 13.2 Å². The average molecular weight is 208 g/mol. The van der Waals surface area contributed by atoms with Gasteiger partial charge in [0.15, 0.2) is 0 Å². The Morgan fingerprint density at radius 2 is 1.93 bits per heavy atom. The fourth-order valence-electron chi connectivity index (χ4n) is 1.51. The van der Waals surface area contributed by atoms with Gasteiger partial charge in [-0.05, 0) is 37.3 Å². The molecule has 0 aliphatic heterocycles. The molecule has 0 bridgehead atoms. The molecule has 0 aliphatic rings. The fourth-order valence-corrected chi connectivity index (χ4v) is 1.51. The summed E-state index contributed by atoms with van der Waals surface area (Å²) in [6.45, 7) is 3.16. The minimum atomic E-state index is 0.283. The second-order valence-electron chi connectivity index (χ2n) is 3.59. The van der Waals surface area contributed by atoms with E-state index in [-0.39, 0.29) is 6.61 Å². The van der Waals surface area contributed by atoms with Crippen LogP contribution in [0.15, 0.2) is 24.3 Å². The van der Waals surface area contributed by atoms with Crippen molar-refractivity contribution in [3.05, 3.63) is 29.8 Å². The Morgan fingerprint density at radius 1 is 1.13 bits per heavy atom. The highest BCUT2D eigenvalue weighted by molar-refractivity contribution is 5.33. The molecule has 0 atom stereocenters.